The molecule has 1 aromatic rings. The summed E-state index contributed by atoms with van der Waals surface area (Å²) in [6, 6.07) is 5.94. The van der Waals surface area contributed by atoms with E-state index in [0.29, 0.717) is 5.02 Å². The predicted molar refractivity (Wildman–Crippen MR) is 75.8 cm³/mol. The third-order valence-corrected chi connectivity index (χ3v) is 3.80. The molecule has 0 aliphatic heterocycles. The minimum Gasteiger partial charge on any atom is -0.465 e. The van der Waals surface area contributed by atoms with Gasteiger partial charge in [-0.05, 0) is 45.0 Å². The van der Waals surface area contributed by atoms with Crippen molar-refractivity contribution in [1.82, 2.24) is 5.09 Å². The lowest BCUT2D eigenvalue weighted by atomic mass is 10.1. The van der Waals surface area contributed by atoms with Gasteiger partial charge in [0.05, 0.1) is 6.61 Å². The molecule has 0 aliphatic carbocycles. The van der Waals surface area contributed by atoms with E-state index in [1.165, 1.54) is 38.1 Å². The Labute approximate surface area is 122 Å². The number of carbonyl (C=O) groups is 1. The molecule has 1 rings (SSSR count). The number of ether oxygens (including phenoxy) is 1. The number of hydrogen-bond acceptors (Lipinski definition) is 4. The maximum atomic E-state index is 12.0. The lowest BCUT2D eigenvalue weighted by Gasteiger charge is -2.26. The van der Waals surface area contributed by atoms with E-state index in [0.717, 1.165) is 0 Å². The van der Waals surface area contributed by atoms with Crippen LogP contribution in [0.4, 0.5) is 0 Å². The third kappa shape index (κ3) is 5.13. The van der Waals surface area contributed by atoms with E-state index in [1.807, 2.05) is 0 Å². The molecule has 6 nitrogen and oxygen atoms in total. The summed E-state index contributed by atoms with van der Waals surface area (Å²) in [5.74, 6) is -0.485. The van der Waals surface area contributed by atoms with Crippen LogP contribution in [-0.2, 0) is 14.1 Å². The zero-order valence-electron chi connectivity index (χ0n) is 11.4. The zero-order valence-corrected chi connectivity index (χ0v) is 13.1. The lowest BCUT2D eigenvalue weighted by Crippen LogP contribution is -2.46. The number of carbonyl (C=O) groups excluding carboxylic acids is 1. The minimum atomic E-state index is -4.22. The van der Waals surface area contributed by atoms with Crippen LogP contribution in [0.5, 0.6) is 5.75 Å². The fraction of sp³-hybridized carbons (Fsp3) is 0.417. The van der Waals surface area contributed by atoms with Crippen molar-refractivity contribution in [3.63, 3.8) is 0 Å². The molecular weight excluding hydrogens is 305 g/mol. The third-order valence-electron chi connectivity index (χ3n) is 2.25. The molecule has 0 fully saturated rings. The van der Waals surface area contributed by atoms with Gasteiger partial charge < -0.3 is 14.2 Å². The molecule has 0 aromatic heterocycles. The largest absolute Gasteiger partial charge is 0.465 e. The molecule has 112 valence electrons. The zero-order chi connectivity index (χ0) is 15.4. The Kier molecular flexibility index (Phi) is 5.59. The minimum absolute atomic E-state index is 0.160. The summed E-state index contributed by atoms with van der Waals surface area (Å²) in [6.45, 7) is 4.69. The summed E-state index contributed by atoms with van der Waals surface area (Å²) in [5.41, 5.74) is -1.35. The maximum Gasteiger partial charge on any atom is 0.457 e. The van der Waals surface area contributed by atoms with Crippen molar-refractivity contribution >= 4 is 25.3 Å². The van der Waals surface area contributed by atoms with Crippen LogP contribution in [0, 0.1) is 0 Å². The van der Waals surface area contributed by atoms with Gasteiger partial charge in [0.1, 0.15) is 11.3 Å². The van der Waals surface area contributed by atoms with Crippen LogP contribution in [-0.4, -0.2) is 23.0 Å². The van der Waals surface area contributed by atoms with Crippen LogP contribution < -0.4 is 9.61 Å². The number of esters is 1. The number of rotatable bonds is 6. The van der Waals surface area contributed by atoms with Gasteiger partial charge >= 0.3 is 13.7 Å². The van der Waals surface area contributed by atoms with Crippen molar-refractivity contribution < 1.29 is 23.5 Å². The molecule has 1 unspecified atom stereocenters. The molecule has 0 saturated heterocycles. The molecular formula is C12H17ClNO5P. The summed E-state index contributed by atoms with van der Waals surface area (Å²) in [5, 5.41) is 2.74. The van der Waals surface area contributed by atoms with Crippen molar-refractivity contribution in [2.45, 2.75) is 26.3 Å². The van der Waals surface area contributed by atoms with E-state index < -0.39 is 19.3 Å². The molecule has 1 aromatic carbocycles. The summed E-state index contributed by atoms with van der Waals surface area (Å²) in [4.78, 5) is 21.4. The second-order valence-electron chi connectivity index (χ2n) is 4.52. The van der Waals surface area contributed by atoms with Crippen LogP contribution in [0.15, 0.2) is 24.3 Å². The van der Waals surface area contributed by atoms with Gasteiger partial charge in [0.25, 0.3) is 0 Å². The fourth-order valence-electron chi connectivity index (χ4n) is 1.37. The molecule has 0 bridgehead atoms. The number of benzene rings is 1. The molecule has 0 saturated carbocycles. The van der Waals surface area contributed by atoms with Gasteiger partial charge in [-0.15, -0.1) is 0 Å². The first-order chi connectivity index (χ1) is 9.16. The fourth-order valence-corrected chi connectivity index (χ4v) is 2.75. The molecule has 1 atom stereocenters. The Morgan fingerprint density at radius 1 is 1.40 bits per heavy atom. The van der Waals surface area contributed by atoms with Crippen molar-refractivity contribution in [3.8, 4) is 5.75 Å². The van der Waals surface area contributed by atoms with E-state index in [-0.39, 0.29) is 12.4 Å². The second kappa shape index (κ2) is 6.59. The van der Waals surface area contributed by atoms with Crippen LogP contribution in [0.3, 0.4) is 0 Å². The molecule has 20 heavy (non-hydrogen) atoms. The number of hydrogen-bond donors (Lipinski definition) is 2. The molecule has 0 radical (unpaired) electrons. The first-order valence-corrected chi connectivity index (χ1v) is 7.86. The first-order valence-electron chi connectivity index (χ1n) is 5.91. The van der Waals surface area contributed by atoms with E-state index in [2.05, 4.69) is 5.09 Å². The van der Waals surface area contributed by atoms with Gasteiger partial charge in [-0.3, -0.25) is 4.79 Å². The van der Waals surface area contributed by atoms with Gasteiger partial charge in [-0.2, -0.15) is 5.09 Å². The van der Waals surface area contributed by atoms with Crippen molar-refractivity contribution in [2.75, 3.05) is 6.61 Å². The standard InChI is InChI=1S/C12H17ClNO5P/c1-4-18-11(15)12(2,3)14-20(16,17)19-10-7-5-9(13)6-8-10/h5-8H,4H2,1-3H3,(H2,14,16,17). The molecule has 2 N–H and O–H groups in total. The summed E-state index contributed by atoms with van der Waals surface area (Å²) < 4.78 is 21.7. The van der Waals surface area contributed by atoms with Gasteiger partial charge in [-0.1, -0.05) is 11.6 Å². The monoisotopic (exact) mass is 321 g/mol. The Bertz CT molecular complexity index is 517. The highest BCUT2D eigenvalue weighted by atomic mass is 35.5. The summed E-state index contributed by atoms with van der Waals surface area (Å²) in [6.07, 6.45) is 0. The van der Waals surface area contributed by atoms with Crippen LogP contribution >= 0.6 is 19.3 Å². The summed E-state index contributed by atoms with van der Waals surface area (Å²) >= 11 is 5.70. The molecule has 0 aliphatic rings. The normalized spacial score (nSPS) is 14.4. The molecule has 0 heterocycles. The highest BCUT2D eigenvalue weighted by Gasteiger charge is 2.37. The van der Waals surface area contributed by atoms with E-state index in [9.17, 15) is 14.3 Å². The van der Waals surface area contributed by atoms with Crippen LogP contribution in [0.1, 0.15) is 20.8 Å². The second-order valence-corrected chi connectivity index (χ2v) is 6.41. The quantitative estimate of drug-likeness (QED) is 0.619. The summed E-state index contributed by atoms with van der Waals surface area (Å²) in [7, 11) is -4.22. The van der Waals surface area contributed by atoms with Gasteiger partial charge in [0.2, 0.25) is 0 Å². The van der Waals surface area contributed by atoms with Gasteiger partial charge in [0.15, 0.2) is 0 Å². The lowest BCUT2D eigenvalue weighted by molar-refractivity contribution is -0.149. The maximum absolute atomic E-state index is 12.0. The number of halogens is 1. The Morgan fingerprint density at radius 3 is 2.45 bits per heavy atom. The Hall–Kier alpha value is -1.07. The van der Waals surface area contributed by atoms with Crippen molar-refractivity contribution in [3.05, 3.63) is 29.3 Å². The van der Waals surface area contributed by atoms with Crippen LogP contribution in [0.2, 0.25) is 5.02 Å². The van der Waals surface area contributed by atoms with Gasteiger partial charge in [-0.25, -0.2) is 4.57 Å². The van der Waals surface area contributed by atoms with Crippen LogP contribution in [0.25, 0.3) is 0 Å². The SMILES string of the molecule is CCOC(=O)C(C)(C)NP(=O)(O)Oc1ccc(Cl)cc1. The van der Waals surface area contributed by atoms with E-state index >= 15 is 0 Å². The van der Waals surface area contributed by atoms with Gasteiger partial charge in [0, 0.05) is 5.02 Å². The van der Waals surface area contributed by atoms with Crippen molar-refractivity contribution in [1.29, 1.82) is 0 Å². The smallest absolute Gasteiger partial charge is 0.457 e. The highest BCUT2D eigenvalue weighted by Crippen LogP contribution is 2.40. The van der Waals surface area contributed by atoms with E-state index in [1.54, 1.807) is 6.92 Å². The average Bonchev–Trinajstić information content (AvgIpc) is 2.30. The molecule has 8 heteroatoms. The Balaban J connectivity index is 2.76. The van der Waals surface area contributed by atoms with E-state index in [4.69, 9.17) is 20.9 Å². The van der Waals surface area contributed by atoms with Crippen molar-refractivity contribution in [2.24, 2.45) is 0 Å². The first kappa shape index (κ1) is 17.0. The topological polar surface area (TPSA) is 84.9 Å². The highest BCUT2D eigenvalue weighted by molar-refractivity contribution is 7.51. The predicted octanol–water partition coefficient (Wildman–Crippen LogP) is 2.75. The molecule has 0 spiro atoms. The average molecular weight is 322 g/mol. The molecule has 0 amide bonds. The number of nitrogens with one attached hydrogen (secondary N) is 1. The Morgan fingerprint density at radius 2 is 1.95 bits per heavy atom.